The average molecular weight is 273 g/mol. The second kappa shape index (κ2) is 5.31. The molecule has 0 bridgehead atoms. The third-order valence-corrected chi connectivity index (χ3v) is 4.72. The molecular weight excluding hydrogens is 254 g/mol. The first-order chi connectivity index (χ1) is 9.24. The van der Waals surface area contributed by atoms with Crippen LogP contribution < -0.4 is 10.6 Å². The standard InChI is InChI=1S/C15H19N3S/c1-10-7-18-15(19-10)11(2)16-8-12-9-17-14-6-4-3-5-13(12)14/h3-7,11-12,16-17H,8-9H2,1-2H3. The van der Waals surface area contributed by atoms with E-state index in [9.17, 15) is 0 Å². The molecule has 1 aliphatic heterocycles. The summed E-state index contributed by atoms with van der Waals surface area (Å²) in [5, 5.41) is 8.25. The first kappa shape index (κ1) is 12.6. The fraction of sp³-hybridized carbons (Fsp3) is 0.400. The Balaban J connectivity index is 1.62. The Bertz CT molecular complexity index is 564. The molecule has 100 valence electrons. The van der Waals surface area contributed by atoms with Crippen molar-refractivity contribution in [1.82, 2.24) is 10.3 Å². The van der Waals surface area contributed by atoms with Gasteiger partial charge in [0.25, 0.3) is 0 Å². The Morgan fingerprint density at radius 1 is 1.47 bits per heavy atom. The molecule has 2 heterocycles. The van der Waals surface area contributed by atoms with Crippen LogP contribution in [0.1, 0.15) is 34.3 Å². The number of fused-ring (bicyclic) bond motifs is 1. The van der Waals surface area contributed by atoms with Gasteiger partial charge in [0.05, 0.1) is 6.04 Å². The van der Waals surface area contributed by atoms with Crippen LogP contribution in [0.4, 0.5) is 5.69 Å². The number of aryl methyl sites for hydroxylation is 1. The lowest BCUT2D eigenvalue weighted by Crippen LogP contribution is -2.25. The highest BCUT2D eigenvalue weighted by Gasteiger charge is 2.22. The molecule has 1 aromatic heterocycles. The first-order valence-corrected chi connectivity index (χ1v) is 7.54. The third-order valence-electron chi connectivity index (χ3n) is 3.62. The third kappa shape index (κ3) is 2.65. The zero-order chi connectivity index (χ0) is 13.2. The summed E-state index contributed by atoms with van der Waals surface area (Å²) >= 11 is 1.77. The van der Waals surface area contributed by atoms with E-state index in [0.717, 1.165) is 13.1 Å². The van der Waals surface area contributed by atoms with Crippen molar-refractivity contribution in [2.75, 3.05) is 18.4 Å². The van der Waals surface area contributed by atoms with Crippen molar-refractivity contribution in [3.63, 3.8) is 0 Å². The Labute approximate surface area is 118 Å². The Morgan fingerprint density at radius 3 is 3.11 bits per heavy atom. The van der Waals surface area contributed by atoms with Crippen LogP contribution in [0.15, 0.2) is 30.5 Å². The molecule has 1 aliphatic rings. The van der Waals surface area contributed by atoms with E-state index in [-0.39, 0.29) is 0 Å². The van der Waals surface area contributed by atoms with E-state index >= 15 is 0 Å². The highest BCUT2D eigenvalue weighted by molar-refractivity contribution is 7.11. The second-order valence-corrected chi connectivity index (χ2v) is 6.37. The smallest absolute Gasteiger partial charge is 0.109 e. The molecule has 0 saturated carbocycles. The van der Waals surface area contributed by atoms with Gasteiger partial charge in [0.15, 0.2) is 0 Å². The van der Waals surface area contributed by atoms with Crippen molar-refractivity contribution in [1.29, 1.82) is 0 Å². The summed E-state index contributed by atoms with van der Waals surface area (Å²) in [6.45, 7) is 6.30. The summed E-state index contributed by atoms with van der Waals surface area (Å²) in [6, 6.07) is 8.91. The van der Waals surface area contributed by atoms with Gasteiger partial charge in [-0.05, 0) is 25.5 Å². The molecule has 3 nitrogen and oxygen atoms in total. The number of aromatic nitrogens is 1. The van der Waals surface area contributed by atoms with Crippen molar-refractivity contribution in [3.8, 4) is 0 Å². The highest BCUT2D eigenvalue weighted by atomic mass is 32.1. The number of anilines is 1. The van der Waals surface area contributed by atoms with Crippen LogP contribution in [0.3, 0.4) is 0 Å². The molecule has 0 saturated heterocycles. The van der Waals surface area contributed by atoms with E-state index in [1.807, 2.05) is 6.20 Å². The van der Waals surface area contributed by atoms with E-state index in [0.29, 0.717) is 12.0 Å². The zero-order valence-corrected chi connectivity index (χ0v) is 12.1. The molecule has 2 N–H and O–H groups in total. The monoisotopic (exact) mass is 273 g/mol. The number of benzene rings is 1. The molecule has 2 atom stereocenters. The number of hydrogen-bond donors (Lipinski definition) is 2. The number of nitrogens with one attached hydrogen (secondary N) is 2. The molecule has 1 aromatic carbocycles. The quantitative estimate of drug-likeness (QED) is 0.897. The number of nitrogens with zero attached hydrogens (tertiary/aromatic N) is 1. The van der Waals surface area contributed by atoms with Crippen molar-refractivity contribution in [3.05, 3.63) is 45.9 Å². The lowest BCUT2D eigenvalue weighted by molar-refractivity contribution is 0.534. The van der Waals surface area contributed by atoms with Crippen LogP contribution in [-0.4, -0.2) is 18.1 Å². The minimum Gasteiger partial charge on any atom is -0.384 e. The van der Waals surface area contributed by atoms with Crippen LogP contribution in [0, 0.1) is 6.92 Å². The molecule has 19 heavy (non-hydrogen) atoms. The predicted molar refractivity (Wildman–Crippen MR) is 80.9 cm³/mol. The SMILES string of the molecule is Cc1cnc(C(C)NCC2CNc3ccccc32)s1. The maximum absolute atomic E-state index is 4.45. The Morgan fingerprint density at radius 2 is 2.32 bits per heavy atom. The molecule has 3 rings (SSSR count). The van der Waals surface area contributed by atoms with Gasteiger partial charge in [-0.2, -0.15) is 0 Å². The van der Waals surface area contributed by atoms with Gasteiger partial charge in [-0.3, -0.25) is 0 Å². The van der Waals surface area contributed by atoms with E-state index < -0.39 is 0 Å². The molecular formula is C15H19N3S. The van der Waals surface area contributed by atoms with Gasteiger partial charge < -0.3 is 10.6 Å². The van der Waals surface area contributed by atoms with E-state index in [2.05, 4.69) is 53.7 Å². The van der Waals surface area contributed by atoms with Gasteiger partial charge in [0, 0.05) is 35.8 Å². The van der Waals surface area contributed by atoms with Crippen LogP contribution in [0.25, 0.3) is 0 Å². The summed E-state index contributed by atoms with van der Waals surface area (Å²) in [7, 11) is 0. The van der Waals surface area contributed by atoms with Crippen molar-refractivity contribution in [2.24, 2.45) is 0 Å². The van der Waals surface area contributed by atoms with Crippen molar-refractivity contribution in [2.45, 2.75) is 25.8 Å². The molecule has 0 radical (unpaired) electrons. The lowest BCUT2D eigenvalue weighted by atomic mass is 10.0. The van der Waals surface area contributed by atoms with Crippen LogP contribution >= 0.6 is 11.3 Å². The molecule has 0 amide bonds. The van der Waals surface area contributed by atoms with Crippen LogP contribution in [0.2, 0.25) is 0 Å². The molecule has 0 aliphatic carbocycles. The summed E-state index contributed by atoms with van der Waals surface area (Å²) in [5.41, 5.74) is 2.71. The zero-order valence-electron chi connectivity index (χ0n) is 11.3. The minimum absolute atomic E-state index is 0.325. The summed E-state index contributed by atoms with van der Waals surface area (Å²) in [6.07, 6.45) is 1.95. The summed E-state index contributed by atoms with van der Waals surface area (Å²) in [5.74, 6) is 0.555. The van der Waals surface area contributed by atoms with Gasteiger partial charge in [-0.15, -0.1) is 11.3 Å². The minimum atomic E-state index is 0.325. The molecule has 4 heteroatoms. The van der Waals surface area contributed by atoms with Crippen LogP contribution in [0.5, 0.6) is 0 Å². The van der Waals surface area contributed by atoms with E-state index in [1.54, 1.807) is 11.3 Å². The predicted octanol–water partition coefficient (Wildman–Crippen LogP) is 3.31. The highest BCUT2D eigenvalue weighted by Crippen LogP contribution is 2.31. The largest absolute Gasteiger partial charge is 0.384 e. The molecule has 0 fully saturated rings. The lowest BCUT2D eigenvalue weighted by Gasteiger charge is -2.15. The second-order valence-electron chi connectivity index (χ2n) is 5.10. The number of thiazole rings is 1. The number of rotatable bonds is 4. The molecule has 0 spiro atoms. The fourth-order valence-corrected chi connectivity index (χ4v) is 3.32. The van der Waals surface area contributed by atoms with Gasteiger partial charge in [0.1, 0.15) is 5.01 Å². The van der Waals surface area contributed by atoms with Gasteiger partial charge in [-0.1, -0.05) is 18.2 Å². The normalized spacial score (nSPS) is 18.9. The topological polar surface area (TPSA) is 37.0 Å². The molecule has 2 aromatic rings. The maximum atomic E-state index is 4.45. The Hall–Kier alpha value is -1.39. The Kier molecular flexibility index (Phi) is 3.53. The fourth-order valence-electron chi connectivity index (χ4n) is 2.52. The summed E-state index contributed by atoms with van der Waals surface area (Å²) in [4.78, 5) is 5.72. The first-order valence-electron chi connectivity index (χ1n) is 6.72. The van der Waals surface area contributed by atoms with E-state index in [4.69, 9.17) is 0 Å². The number of para-hydroxylation sites is 1. The maximum Gasteiger partial charge on any atom is 0.109 e. The van der Waals surface area contributed by atoms with Crippen molar-refractivity contribution >= 4 is 17.0 Å². The summed E-state index contributed by atoms with van der Waals surface area (Å²) < 4.78 is 0. The van der Waals surface area contributed by atoms with Gasteiger partial charge in [0.2, 0.25) is 0 Å². The van der Waals surface area contributed by atoms with Crippen LogP contribution in [-0.2, 0) is 0 Å². The van der Waals surface area contributed by atoms with Gasteiger partial charge >= 0.3 is 0 Å². The number of hydrogen-bond acceptors (Lipinski definition) is 4. The van der Waals surface area contributed by atoms with E-state index in [1.165, 1.54) is 21.1 Å². The molecule has 2 unspecified atom stereocenters. The van der Waals surface area contributed by atoms with Crippen molar-refractivity contribution < 1.29 is 0 Å². The van der Waals surface area contributed by atoms with Gasteiger partial charge in [-0.25, -0.2) is 4.98 Å². The average Bonchev–Trinajstić information content (AvgIpc) is 3.02.